The van der Waals surface area contributed by atoms with Gasteiger partial charge in [-0.25, -0.2) is 8.78 Å². The van der Waals surface area contributed by atoms with Crippen LogP contribution in [-0.4, -0.2) is 23.8 Å². The second-order valence-electron chi connectivity index (χ2n) is 4.63. The fourth-order valence-electron chi connectivity index (χ4n) is 1.87. The van der Waals surface area contributed by atoms with E-state index in [9.17, 15) is 18.7 Å². The summed E-state index contributed by atoms with van der Waals surface area (Å²) < 4.78 is 25.9. The molecule has 0 radical (unpaired) electrons. The van der Waals surface area contributed by atoms with Crippen LogP contribution in [0.4, 0.5) is 8.78 Å². The van der Waals surface area contributed by atoms with Gasteiger partial charge in [-0.05, 0) is 42.2 Å². The Hall–Kier alpha value is -1.92. The molecule has 0 bridgehead atoms. The first-order chi connectivity index (χ1) is 10.5. The van der Waals surface area contributed by atoms with Gasteiger partial charge < -0.3 is 10.4 Å². The molecular weight excluding hydrogens is 308 g/mol. The van der Waals surface area contributed by atoms with Crippen LogP contribution < -0.4 is 5.32 Å². The molecular formula is C16H15F2NO2S. The van der Waals surface area contributed by atoms with Crippen LogP contribution in [0.5, 0.6) is 0 Å². The summed E-state index contributed by atoms with van der Waals surface area (Å²) in [6.45, 7) is -0.0174. The molecule has 0 aromatic heterocycles. The van der Waals surface area contributed by atoms with Crippen molar-refractivity contribution in [2.24, 2.45) is 0 Å². The number of hydrogen-bond donors (Lipinski definition) is 2. The summed E-state index contributed by atoms with van der Waals surface area (Å²) in [7, 11) is 0. The molecule has 116 valence electrons. The molecule has 1 atom stereocenters. The molecule has 0 aliphatic rings. The highest BCUT2D eigenvalue weighted by molar-refractivity contribution is 7.98. The minimum Gasteiger partial charge on any atom is -0.387 e. The minimum atomic E-state index is -1.08. The number of carbonyl (C=O) groups is 1. The molecule has 0 aliphatic carbocycles. The van der Waals surface area contributed by atoms with E-state index in [4.69, 9.17) is 0 Å². The van der Waals surface area contributed by atoms with Gasteiger partial charge in [0, 0.05) is 17.0 Å². The molecule has 0 aliphatic heterocycles. The zero-order valence-corrected chi connectivity index (χ0v) is 12.7. The Labute approximate surface area is 131 Å². The van der Waals surface area contributed by atoms with Crippen molar-refractivity contribution >= 4 is 17.7 Å². The molecule has 3 nitrogen and oxygen atoms in total. The topological polar surface area (TPSA) is 49.3 Å². The zero-order valence-electron chi connectivity index (χ0n) is 11.8. The predicted molar refractivity (Wildman–Crippen MR) is 81.9 cm³/mol. The monoisotopic (exact) mass is 323 g/mol. The van der Waals surface area contributed by atoms with Crippen molar-refractivity contribution in [3.05, 3.63) is 65.2 Å². The normalized spacial score (nSPS) is 12.0. The quantitative estimate of drug-likeness (QED) is 0.831. The summed E-state index contributed by atoms with van der Waals surface area (Å²) in [6, 6.07) is 10.2. The van der Waals surface area contributed by atoms with Gasteiger partial charge in [0.1, 0.15) is 0 Å². The van der Waals surface area contributed by atoms with Crippen molar-refractivity contribution in [1.82, 2.24) is 5.32 Å². The van der Waals surface area contributed by atoms with Crippen LogP contribution in [0.2, 0.25) is 0 Å². The zero-order chi connectivity index (χ0) is 16.1. The highest BCUT2D eigenvalue weighted by atomic mass is 32.2. The lowest BCUT2D eigenvalue weighted by molar-refractivity contribution is 0.0915. The number of nitrogens with one attached hydrogen (secondary N) is 1. The van der Waals surface area contributed by atoms with Crippen LogP contribution >= 0.6 is 11.8 Å². The van der Waals surface area contributed by atoms with Gasteiger partial charge in [-0.15, -0.1) is 11.8 Å². The number of aliphatic hydroxyl groups is 1. The number of thioether (sulfide) groups is 1. The number of aliphatic hydroxyl groups excluding tert-OH is 1. The molecule has 2 aromatic carbocycles. The van der Waals surface area contributed by atoms with Gasteiger partial charge in [0.15, 0.2) is 11.6 Å². The molecule has 0 fully saturated rings. The second-order valence-corrected chi connectivity index (χ2v) is 5.51. The molecule has 2 N–H and O–H groups in total. The van der Waals surface area contributed by atoms with E-state index >= 15 is 0 Å². The standard InChI is InChI=1S/C16H15F2NO2S/c1-22-12-5-2-10(3-6-12)15(20)9-19-16(21)11-4-7-13(17)14(18)8-11/h2-8,15,20H,9H2,1H3,(H,19,21). The van der Waals surface area contributed by atoms with Gasteiger partial charge >= 0.3 is 0 Å². The predicted octanol–water partition coefficient (Wildman–Crippen LogP) is 3.15. The lowest BCUT2D eigenvalue weighted by Gasteiger charge is -2.13. The first kappa shape index (κ1) is 16.5. The first-order valence-electron chi connectivity index (χ1n) is 6.56. The third-order valence-corrected chi connectivity index (χ3v) is 3.88. The van der Waals surface area contributed by atoms with Crippen molar-refractivity contribution in [3.8, 4) is 0 Å². The number of benzene rings is 2. The molecule has 2 rings (SSSR count). The Kier molecular flexibility index (Phi) is 5.51. The van der Waals surface area contributed by atoms with Gasteiger partial charge in [0.05, 0.1) is 6.10 Å². The number of halogens is 2. The molecule has 0 saturated heterocycles. The molecule has 6 heteroatoms. The Morgan fingerprint density at radius 3 is 2.45 bits per heavy atom. The molecule has 0 spiro atoms. The Bertz CT molecular complexity index is 662. The lowest BCUT2D eigenvalue weighted by atomic mass is 10.1. The van der Waals surface area contributed by atoms with Crippen molar-refractivity contribution in [2.75, 3.05) is 12.8 Å². The molecule has 22 heavy (non-hydrogen) atoms. The van der Waals surface area contributed by atoms with E-state index in [1.54, 1.807) is 23.9 Å². The van der Waals surface area contributed by atoms with Crippen molar-refractivity contribution in [3.63, 3.8) is 0 Å². The molecule has 0 saturated carbocycles. The molecule has 1 amide bonds. The molecule has 1 unspecified atom stereocenters. The maximum absolute atomic E-state index is 13.1. The SMILES string of the molecule is CSc1ccc(C(O)CNC(=O)c2ccc(F)c(F)c2)cc1. The van der Waals surface area contributed by atoms with Gasteiger partial charge in [-0.1, -0.05) is 12.1 Å². The maximum Gasteiger partial charge on any atom is 0.251 e. The van der Waals surface area contributed by atoms with Crippen LogP contribution in [-0.2, 0) is 0 Å². The number of carbonyl (C=O) groups excluding carboxylic acids is 1. The summed E-state index contributed by atoms with van der Waals surface area (Å²) in [5.74, 6) is -2.66. The Morgan fingerprint density at radius 1 is 1.18 bits per heavy atom. The van der Waals surface area contributed by atoms with Crippen LogP contribution in [0.1, 0.15) is 22.0 Å². The molecule has 2 aromatic rings. The van der Waals surface area contributed by atoms with E-state index in [0.29, 0.717) is 5.56 Å². The van der Waals surface area contributed by atoms with Crippen molar-refractivity contribution in [1.29, 1.82) is 0 Å². The second kappa shape index (κ2) is 7.38. The third-order valence-electron chi connectivity index (χ3n) is 3.14. The summed E-state index contributed by atoms with van der Waals surface area (Å²) in [5.41, 5.74) is 0.673. The summed E-state index contributed by atoms with van der Waals surface area (Å²) in [5, 5.41) is 12.5. The van der Waals surface area contributed by atoms with Crippen LogP contribution in [0, 0.1) is 11.6 Å². The fraction of sp³-hybridized carbons (Fsp3) is 0.188. The highest BCUT2D eigenvalue weighted by Crippen LogP contribution is 2.18. The van der Waals surface area contributed by atoms with Gasteiger partial charge in [0.2, 0.25) is 0 Å². The minimum absolute atomic E-state index is 0.00355. The van der Waals surface area contributed by atoms with E-state index < -0.39 is 23.6 Å². The van der Waals surface area contributed by atoms with Crippen LogP contribution in [0.15, 0.2) is 47.4 Å². The first-order valence-corrected chi connectivity index (χ1v) is 7.79. The largest absolute Gasteiger partial charge is 0.387 e. The summed E-state index contributed by atoms with van der Waals surface area (Å²) in [6.07, 6.45) is 1.08. The van der Waals surface area contributed by atoms with Crippen LogP contribution in [0.3, 0.4) is 0 Å². The average molecular weight is 323 g/mol. The van der Waals surface area contributed by atoms with E-state index in [-0.39, 0.29) is 12.1 Å². The average Bonchev–Trinajstić information content (AvgIpc) is 2.54. The highest BCUT2D eigenvalue weighted by Gasteiger charge is 2.12. The van der Waals surface area contributed by atoms with Gasteiger partial charge in [-0.3, -0.25) is 4.79 Å². The van der Waals surface area contributed by atoms with Crippen LogP contribution in [0.25, 0.3) is 0 Å². The lowest BCUT2D eigenvalue weighted by Crippen LogP contribution is -2.28. The fourth-order valence-corrected chi connectivity index (χ4v) is 2.28. The van der Waals surface area contributed by atoms with Gasteiger partial charge in [-0.2, -0.15) is 0 Å². The smallest absolute Gasteiger partial charge is 0.251 e. The van der Waals surface area contributed by atoms with E-state index in [0.717, 1.165) is 17.0 Å². The Balaban J connectivity index is 1.95. The third kappa shape index (κ3) is 4.05. The summed E-state index contributed by atoms with van der Waals surface area (Å²) >= 11 is 1.59. The Morgan fingerprint density at radius 2 is 1.86 bits per heavy atom. The number of hydrogen-bond acceptors (Lipinski definition) is 3. The van der Waals surface area contributed by atoms with Crippen molar-refractivity contribution < 1.29 is 18.7 Å². The van der Waals surface area contributed by atoms with E-state index in [1.165, 1.54) is 6.07 Å². The maximum atomic E-state index is 13.1. The number of amides is 1. The van der Waals surface area contributed by atoms with Crippen molar-refractivity contribution in [2.45, 2.75) is 11.0 Å². The van der Waals surface area contributed by atoms with E-state index in [1.807, 2.05) is 18.4 Å². The van der Waals surface area contributed by atoms with Gasteiger partial charge in [0.25, 0.3) is 5.91 Å². The summed E-state index contributed by atoms with van der Waals surface area (Å²) in [4.78, 5) is 12.9. The molecule has 0 heterocycles. The van der Waals surface area contributed by atoms with E-state index in [2.05, 4.69) is 5.32 Å². The number of rotatable bonds is 5.